The van der Waals surface area contributed by atoms with Gasteiger partial charge in [0.05, 0.1) is 19.0 Å². The number of hydrogen-bond acceptors (Lipinski definition) is 7. The Morgan fingerprint density at radius 3 is 2.57 bits per heavy atom. The molecule has 4 N–H and O–H groups in total. The fraction of sp³-hybridized carbons (Fsp3) is 0.167. The predicted octanol–water partition coefficient (Wildman–Crippen LogP) is 1.12. The summed E-state index contributed by atoms with van der Waals surface area (Å²) in [4.78, 5) is 27.0. The van der Waals surface area contributed by atoms with Crippen LogP contribution in [0, 0.1) is 4.64 Å². The molecule has 0 aliphatic rings. The van der Waals surface area contributed by atoms with Crippen LogP contribution in [-0.4, -0.2) is 50.7 Å². The second-order valence-electron chi connectivity index (χ2n) is 4.47. The molecule has 0 aromatic carbocycles. The van der Waals surface area contributed by atoms with Crippen molar-refractivity contribution < 1.29 is 5.48 Å². The molecule has 0 saturated heterocycles. The molecule has 4 aromatic heterocycles. The highest BCUT2D eigenvalue weighted by Gasteiger charge is 2.07. The number of rotatable bonds is 4. The smallest absolute Gasteiger partial charge is 0.181 e. The van der Waals surface area contributed by atoms with Gasteiger partial charge in [0.25, 0.3) is 0 Å². The Morgan fingerprint density at radius 2 is 1.74 bits per heavy atom. The average Bonchev–Trinajstić information content (AvgIpc) is 3.18. The molecule has 0 saturated carbocycles. The molecule has 0 amide bonds. The Kier molecular flexibility index (Phi) is 4.32. The molecule has 0 fully saturated rings. The first-order chi connectivity index (χ1) is 10.8. The number of fused-ring (bicyclic) bond motifs is 2. The molecular formula is C12H12N8OS2. The van der Waals surface area contributed by atoms with Crippen molar-refractivity contribution in [2.24, 2.45) is 0 Å². The Bertz CT molecular complexity index is 1010. The maximum Gasteiger partial charge on any atom is 0.181 e. The van der Waals surface area contributed by atoms with Crippen molar-refractivity contribution >= 4 is 46.3 Å². The van der Waals surface area contributed by atoms with Gasteiger partial charge in [0.15, 0.2) is 11.3 Å². The summed E-state index contributed by atoms with van der Waals surface area (Å²) in [6.45, 7) is 0.727. The van der Waals surface area contributed by atoms with Crippen LogP contribution in [0.1, 0.15) is 0 Å². The summed E-state index contributed by atoms with van der Waals surface area (Å²) >= 11 is 7.06. The van der Waals surface area contributed by atoms with E-state index in [0.29, 0.717) is 15.9 Å². The number of H-pyrrole nitrogens is 2. The number of aryl methyl sites for hydroxylation is 1. The Balaban J connectivity index is 0.00000156. The normalized spacial score (nSPS) is 11.0. The number of nitrogens with zero attached hydrogens (tertiary/aromatic N) is 6. The molecule has 0 aliphatic heterocycles. The van der Waals surface area contributed by atoms with Crippen molar-refractivity contribution in [2.45, 2.75) is 11.6 Å². The van der Waals surface area contributed by atoms with Gasteiger partial charge >= 0.3 is 0 Å². The van der Waals surface area contributed by atoms with Crippen molar-refractivity contribution in [3.05, 3.63) is 29.9 Å². The van der Waals surface area contributed by atoms with Gasteiger partial charge in [0.1, 0.15) is 27.0 Å². The van der Waals surface area contributed by atoms with E-state index in [-0.39, 0.29) is 5.48 Å². The lowest BCUT2D eigenvalue weighted by Gasteiger charge is -2.06. The summed E-state index contributed by atoms with van der Waals surface area (Å²) in [5.74, 6) is 0.806. The third-order valence-corrected chi connectivity index (χ3v) is 4.58. The minimum Gasteiger partial charge on any atom is -0.412 e. The molecule has 4 heterocycles. The van der Waals surface area contributed by atoms with Crippen LogP contribution < -0.4 is 0 Å². The Labute approximate surface area is 138 Å². The van der Waals surface area contributed by atoms with Gasteiger partial charge in [-0.15, -0.1) is 11.8 Å². The zero-order valence-electron chi connectivity index (χ0n) is 11.7. The van der Waals surface area contributed by atoms with E-state index in [1.807, 2.05) is 4.57 Å². The molecule has 4 rings (SSSR count). The summed E-state index contributed by atoms with van der Waals surface area (Å²) < 4.78 is 2.63. The zero-order chi connectivity index (χ0) is 14.9. The number of hydrogen-bond donors (Lipinski definition) is 2. The predicted molar refractivity (Wildman–Crippen MR) is 88.7 cm³/mol. The zero-order valence-corrected chi connectivity index (χ0v) is 13.4. The van der Waals surface area contributed by atoms with Crippen LogP contribution >= 0.6 is 24.0 Å². The monoisotopic (exact) mass is 348 g/mol. The summed E-state index contributed by atoms with van der Waals surface area (Å²) in [7, 11) is 0. The molecule has 0 atom stereocenters. The molecule has 118 valence electrons. The van der Waals surface area contributed by atoms with Crippen LogP contribution in [0.4, 0.5) is 0 Å². The first kappa shape index (κ1) is 15.5. The topological polar surface area (TPSA) is 132 Å². The van der Waals surface area contributed by atoms with Gasteiger partial charge in [0.2, 0.25) is 0 Å². The van der Waals surface area contributed by atoms with Crippen LogP contribution in [0.2, 0.25) is 0 Å². The molecule has 11 heteroatoms. The van der Waals surface area contributed by atoms with Crippen LogP contribution in [-0.2, 0) is 6.54 Å². The Morgan fingerprint density at radius 1 is 1.00 bits per heavy atom. The lowest BCUT2D eigenvalue weighted by atomic mass is 10.5. The molecular weight excluding hydrogens is 336 g/mol. The highest BCUT2D eigenvalue weighted by molar-refractivity contribution is 7.99. The Hall–Kier alpha value is -2.37. The second kappa shape index (κ2) is 6.40. The number of thioether (sulfide) groups is 1. The summed E-state index contributed by atoms with van der Waals surface area (Å²) in [6, 6.07) is 0. The van der Waals surface area contributed by atoms with Crippen molar-refractivity contribution in [3.8, 4) is 0 Å². The van der Waals surface area contributed by atoms with E-state index in [1.165, 1.54) is 6.33 Å². The summed E-state index contributed by atoms with van der Waals surface area (Å²) in [6.07, 6.45) is 6.46. The standard InChI is InChI=1S/C12H10N8S2.H2O/c21-12-8-10(16-4-14-8)19-6-20(12)1-2-22-11-7-9(15-3-13-7)17-5-18-11;/h3-6H,1-2H2,(H,14,16)(H,13,15,17,18);1H2. The fourth-order valence-electron chi connectivity index (χ4n) is 2.12. The first-order valence-corrected chi connectivity index (χ1v) is 7.88. The van der Waals surface area contributed by atoms with Crippen LogP contribution in [0.3, 0.4) is 0 Å². The highest BCUT2D eigenvalue weighted by Crippen LogP contribution is 2.22. The van der Waals surface area contributed by atoms with Crippen molar-refractivity contribution in [3.63, 3.8) is 0 Å². The van der Waals surface area contributed by atoms with E-state index in [4.69, 9.17) is 12.2 Å². The SMILES string of the molecule is O.S=c1c2[nH]cnc2ncn1CCSc1ncnc2nc[nH]c12. The maximum atomic E-state index is 5.44. The molecule has 0 spiro atoms. The minimum absolute atomic E-state index is 0. The van der Waals surface area contributed by atoms with Crippen molar-refractivity contribution in [2.75, 3.05) is 5.75 Å². The van der Waals surface area contributed by atoms with Gasteiger partial charge in [0, 0.05) is 12.3 Å². The fourth-order valence-corrected chi connectivity index (χ4v) is 3.30. The number of aromatic nitrogens is 8. The average molecular weight is 348 g/mol. The minimum atomic E-state index is 0. The van der Waals surface area contributed by atoms with Gasteiger partial charge in [-0.3, -0.25) is 0 Å². The van der Waals surface area contributed by atoms with E-state index < -0.39 is 0 Å². The van der Waals surface area contributed by atoms with Crippen LogP contribution in [0.5, 0.6) is 0 Å². The lowest BCUT2D eigenvalue weighted by molar-refractivity contribution is 0.739. The molecule has 9 nitrogen and oxygen atoms in total. The van der Waals surface area contributed by atoms with Gasteiger partial charge in [-0.1, -0.05) is 12.2 Å². The molecule has 0 unspecified atom stereocenters. The first-order valence-electron chi connectivity index (χ1n) is 6.48. The lowest BCUT2D eigenvalue weighted by Crippen LogP contribution is -2.04. The van der Waals surface area contributed by atoms with E-state index >= 15 is 0 Å². The van der Waals surface area contributed by atoms with Gasteiger partial charge in [-0.25, -0.2) is 24.9 Å². The van der Waals surface area contributed by atoms with Crippen LogP contribution in [0.25, 0.3) is 22.3 Å². The van der Waals surface area contributed by atoms with Gasteiger partial charge < -0.3 is 20.0 Å². The third kappa shape index (κ3) is 2.81. The third-order valence-electron chi connectivity index (χ3n) is 3.17. The van der Waals surface area contributed by atoms with Crippen molar-refractivity contribution in [1.29, 1.82) is 0 Å². The second-order valence-corrected chi connectivity index (χ2v) is 5.94. The van der Waals surface area contributed by atoms with Crippen molar-refractivity contribution in [1.82, 2.24) is 39.5 Å². The van der Waals surface area contributed by atoms with Crippen LogP contribution in [0.15, 0.2) is 30.3 Å². The number of nitrogens with one attached hydrogen (secondary N) is 2. The number of aromatic amines is 2. The molecule has 23 heavy (non-hydrogen) atoms. The quantitative estimate of drug-likeness (QED) is 0.321. The molecule has 0 radical (unpaired) electrons. The molecule has 0 aliphatic carbocycles. The molecule has 0 bridgehead atoms. The van der Waals surface area contributed by atoms with E-state index in [9.17, 15) is 0 Å². The van der Waals surface area contributed by atoms with E-state index in [0.717, 1.165) is 28.4 Å². The summed E-state index contributed by atoms with van der Waals surface area (Å²) in [5, 5.41) is 0.879. The van der Waals surface area contributed by atoms with Gasteiger partial charge in [-0.2, -0.15) is 0 Å². The van der Waals surface area contributed by atoms with E-state index in [1.54, 1.807) is 30.7 Å². The summed E-state index contributed by atoms with van der Waals surface area (Å²) in [5.41, 5.74) is 2.97. The molecule has 4 aromatic rings. The number of imidazole rings is 2. The van der Waals surface area contributed by atoms with E-state index in [2.05, 4.69) is 34.9 Å². The largest absolute Gasteiger partial charge is 0.412 e. The van der Waals surface area contributed by atoms with Gasteiger partial charge in [-0.05, 0) is 0 Å². The maximum absolute atomic E-state index is 5.44. The highest BCUT2D eigenvalue weighted by atomic mass is 32.2.